The molecule has 0 radical (unpaired) electrons. The fourth-order valence-electron chi connectivity index (χ4n) is 2.41. The van der Waals surface area contributed by atoms with E-state index < -0.39 is 9.84 Å². The SMILES string of the molecule is CCCS(=O)(=O)c1ccc(C(C)C(CC)NC)cc1. The molecule has 1 rings (SSSR count). The summed E-state index contributed by atoms with van der Waals surface area (Å²) in [5.41, 5.74) is 1.18. The topological polar surface area (TPSA) is 46.2 Å². The van der Waals surface area contributed by atoms with E-state index in [9.17, 15) is 8.42 Å². The quantitative estimate of drug-likeness (QED) is 0.837. The summed E-state index contributed by atoms with van der Waals surface area (Å²) >= 11 is 0. The van der Waals surface area contributed by atoms with E-state index in [1.54, 1.807) is 12.1 Å². The third-order valence-corrected chi connectivity index (χ3v) is 5.59. The first kappa shape index (κ1) is 16.2. The molecule has 0 aliphatic carbocycles. The minimum Gasteiger partial charge on any atom is -0.316 e. The van der Waals surface area contributed by atoms with Gasteiger partial charge in [-0.05, 0) is 43.5 Å². The lowest BCUT2D eigenvalue weighted by molar-refractivity contribution is 0.472. The van der Waals surface area contributed by atoms with Gasteiger partial charge in [-0.15, -0.1) is 0 Å². The van der Waals surface area contributed by atoms with E-state index in [4.69, 9.17) is 0 Å². The van der Waals surface area contributed by atoms with Gasteiger partial charge in [0, 0.05) is 6.04 Å². The van der Waals surface area contributed by atoms with Gasteiger partial charge in [0.25, 0.3) is 0 Å². The molecular formula is C15H25NO2S. The molecule has 0 heterocycles. The number of sulfone groups is 1. The summed E-state index contributed by atoms with van der Waals surface area (Å²) in [6.07, 6.45) is 1.70. The predicted octanol–water partition coefficient (Wildman–Crippen LogP) is 2.97. The van der Waals surface area contributed by atoms with E-state index >= 15 is 0 Å². The summed E-state index contributed by atoms with van der Waals surface area (Å²) in [5, 5.41) is 3.30. The molecule has 0 fully saturated rings. The van der Waals surface area contributed by atoms with Crippen LogP contribution in [0.1, 0.15) is 45.1 Å². The third-order valence-electron chi connectivity index (χ3n) is 3.65. The van der Waals surface area contributed by atoms with E-state index in [-0.39, 0.29) is 5.75 Å². The van der Waals surface area contributed by atoms with E-state index in [0.29, 0.717) is 23.3 Å². The molecule has 2 unspecified atom stereocenters. The number of hydrogen-bond acceptors (Lipinski definition) is 3. The van der Waals surface area contributed by atoms with Crippen molar-refractivity contribution < 1.29 is 8.42 Å². The molecule has 0 aliphatic rings. The van der Waals surface area contributed by atoms with Crippen LogP contribution >= 0.6 is 0 Å². The fraction of sp³-hybridized carbons (Fsp3) is 0.600. The predicted molar refractivity (Wildman–Crippen MR) is 80.3 cm³/mol. The smallest absolute Gasteiger partial charge is 0.178 e. The van der Waals surface area contributed by atoms with Gasteiger partial charge >= 0.3 is 0 Å². The zero-order chi connectivity index (χ0) is 14.5. The van der Waals surface area contributed by atoms with E-state index in [0.717, 1.165) is 6.42 Å². The van der Waals surface area contributed by atoms with E-state index in [1.807, 2.05) is 26.1 Å². The van der Waals surface area contributed by atoms with Crippen molar-refractivity contribution in [1.82, 2.24) is 5.32 Å². The first-order valence-electron chi connectivity index (χ1n) is 6.96. The van der Waals surface area contributed by atoms with Crippen molar-refractivity contribution >= 4 is 9.84 Å². The van der Waals surface area contributed by atoms with Crippen LogP contribution in [0.15, 0.2) is 29.2 Å². The Morgan fingerprint density at radius 3 is 2.16 bits per heavy atom. The summed E-state index contributed by atoms with van der Waals surface area (Å²) in [4.78, 5) is 0.433. The number of hydrogen-bond donors (Lipinski definition) is 1. The van der Waals surface area contributed by atoms with Gasteiger partial charge in [-0.1, -0.05) is 32.9 Å². The molecule has 0 saturated carbocycles. The molecule has 108 valence electrons. The van der Waals surface area contributed by atoms with Gasteiger partial charge in [0.2, 0.25) is 0 Å². The second-order valence-corrected chi connectivity index (χ2v) is 7.09. The zero-order valence-corrected chi connectivity index (χ0v) is 13.1. The van der Waals surface area contributed by atoms with Crippen LogP contribution in [-0.2, 0) is 9.84 Å². The molecule has 0 saturated heterocycles. The lowest BCUT2D eigenvalue weighted by Crippen LogP contribution is -2.29. The highest BCUT2D eigenvalue weighted by Crippen LogP contribution is 2.23. The Kier molecular flexibility index (Phi) is 6.01. The standard InChI is InChI=1S/C15H25NO2S/c1-5-11-19(17,18)14-9-7-13(8-10-14)12(3)15(6-2)16-4/h7-10,12,15-16H,5-6,11H2,1-4H3. The van der Waals surface area contributed by atoms with Crippen molar-refractivity contribution in [3.63, 3.8) is 0 Å². The molecule has 0 amide bonds. The molecule has 0 spiro atoms. The van der Waals surface area contributed by atoms with Gasteiger partial charge in [-0.2, -0.15) is 0 Å². The van der Waals surface area contributed by atoms with Gasteiger partial charge < -0.3 is 5.32 Å². The van der Waals surface area contributed by atoms with Crippen LogP contribution in [0.5, 0.6) is 0 Å². The highest BCUT2D eigenvalue weighted by Gasteiger charge is 2.17. The summed E-state index contributed by atoms with van der Waals surface area (Å²) in [6, 6.07) is 7.76. The molecule has 0 aromatic heterocycles. The molecule has 1 aromatic rings. The number of rotatable bonds is 7. The molecule has 0 aliphatic heterocycles. The highest BCUT2D eigenvalue weighted by atomic mass is 32.2. The van der Waals surface area contributed by atoms with Crippen LogP contribution < -0.4 is 5.32 Å². The minimum atomic E-state index is -3.10. The Bertz CT molecular complexity index is 475. The van der Waals surface area contributed by atoms with Crippen LogP contribution in [0.4, 0.5) is 0 Å². The van der Waals surface area contributed by atoms with Crippen LogP contribution in [-0.4, -0.2) is 27.3 Å². The number of nitrogens with one attached hydrogen (secondary N) is 1. The maximum atomic E-state index is 11.9. The molecule has 4 heteroatoms. The van der Waals surface area contributed by atoms with Crippen molar-refractivity contribution in [2.45, 2.75) is 50.5 Å². The molecular weight excluding hydrogens is 258 g/mol. The van der Waals surface area contributed by atoms with Gasteiger partial charge in [0.15, 0.2) is 9.84 Å². The van der Waals surface area contributed by atoms with Crippen LogP contribution in [0.3, 0.4) is 0 Å². The lowest BCUT2D eigenvalue weighted by Gasteiger charge is -2.22. The van der Waals surface area contributed by atoms with E-state index in [2.05, 4.69) is 19.2 Å². The molecule has 3 nitrogen and oxygen atoms in total. The van der Waals surface area contributed by atoms with Crippen molar-refractivity contribution in [2.75, 3.05) is 12.8 Å². The van der Waals surface area contributed by atoms with Crippen molar-refractivity contribution in [3.05, 3.63) is 29.8 Å². The Balaban J connectivity index is 2.93. The largest absolute Gasteiger partial charge is 0.316 e. The Morgan fingerprint density at radius 2 is 1.74 bits per heavy atom. The normalized spacial score (nSPS) is 15.2. The Morgan fingerprint density at radius 1 is 1.16 bits per heavy atom. The fourth-order valence-corrected chi connectivity index (χ4v) is 3.73. The first-order valence-corrected chi connectivity index (χ1v) is 8.61. The Hall–Kier alpha value is -0.870. The number of benzene rings is 1. The van der Waals surface area contributed by atoms with Crippen LogP contribution in [0, 0.1) is 0 Å². The molecule has 1 aromatic carbocycles. The highest BCUT2D eigenvalue weighted by molar-refractivity contribution is 7.91. The van der Waals surface area contributed by atoms with Crippen molar-refractivity contribution in [1.29, 1.82) is 0 Å². The minimum absolute atomic E-state index is 0.218. The maximum Gasteiger partial charge on any atom is 0.178 e. The number of likely N-dealkylation sites (N-methyl/N-ethyl adjacent to an activating group) is 1. The van der Waals surface area contributed by atoms with Crippen LogP contribution in [0.25, 0.3) is 0 Å². The molecule has 19 heavy (non-hydrogen) atoms. The third kappa shape index (κ3) is 4.05. The average molecular weight is 283 g/mol. The zero-order valence-electron chi connectivity index (χ0n) is 12.3. The first-order chi connectivity index (χ1) is 8.96. The van der Waals surface area contributed by atoms with Crippen molar-refractivity contribution in [3.8, 4) is 0 Å². The molecule has 1 N–H and O–H groups in total. The summed E-state index contributed by atoms with van der Waals surface area (Å²) < 4.78 is 23.9. The van der Waals surface area contributed by atoms with Gasteiger partial charge in [-0.25, -0.2) is 8.42 Å². The van der Waals surface area contributed by atoms with Gasteiger partial charge in [0.05, 0.1) is 10.6 Å². The Labute approximate surface area is 117 Å². The second kappa shape index (κ2) is 7.06. The average Bonchev–Trinajstić information content (AvgIpc) is 2.40. The van der Waals surface area contributed by atoms with E-state index in [1.165, 1.54) is 5.56 Å². The van der Waals surface area contributed by atoms with Crippen LogP contribution in [0.2, 0.25) is 0 Å². The summed E-state index contributed by atoms with van der Waals surface area (Å²) in [6.45, 7) is 6.20. The molecule has 2 atom stereocenters. The van der Waals surface area contributed by atoms with Gasteiger partial charge in [-0.3, -0.25) is 0 Å². The summed E-state index contributed by atoms with van der Waals surface area (Å²) in [5.74, 6) is 0.591. The van der Waals surface area contributed by atoms with Gasteiger partial charge in [0.1, 0.15) is 0 Å². The lowest BCUT2D eigenvalue weighted by atomic mass is 9.92. The second-order valence-electron chi connectivity index (χ2n) is 4.98. The summed E-state index contributed by atoms with van der Waals surface area (Å²) in [7, 11) is -1.14. The monoisotopic (exact) mass is 283 g/mol. The van der Waals surface area contributed by atoms with Crippen molar-refractivity contribution in [2.24, 2.45) is 0 Å². The maximum absolute atomic E-state index is 11.9. The molecule has 0 bridgehead atoms.